The third-order valence-corrected chi connectivity index (χ3v) is 3.05. The van der Waals surface area contributed by atoms with Crippen LogP contribution in [0.15, 0.2) is 48.5 Å². The molecule has 0 aliphatic rings. The maximum Gasteiger partial charge on any atom is 0.319 e. The molecule has 22 heavy (non-hydrogen) atoms. The highest BCUT2D eigenvalue weighted by molar-refractivity contribution is 5.89. The molecule has 0 spiro atoms. The number of carbonyl (C=O) groups is 1. The number of amides is 2. The maximum absolute atomic E-state index is 13.0. The number of aryl methyl sites for hydroxylation is 1. The molecule has 2 amide bonds. The van der Waals surface area contributed by atoms with Crippen LogP contribution >= 0.6 is 0 Å². The first-order valence-corrected chi connectivity index (χ1v) is 7.19. The molecule has 116 valence electrons. The summed E-state index contributed by atoms with van der Waals surface area (Å²) < 4.78 is 18.5. The van der Waals surface area contributed by atoms with Crippen LogP contribution in [0.1, 0.15) is 12.5 Å². The molecule has 2 aromatic rings. The summed E-state index contributed by atoms with van der Waals surface area (Å²) in [6.45, 7) is 2.80. The second kappa shape index (κ2) is 8.02. The molecule has 0 heterocycles. The Bertz CT molecular complexity index is 632. The lowest BCUT2D eigenvalue weighted by Crippen LogP contribution is -2.32. The maximum atomic E-state index is 13.0. The van der Waals surface area contributed by atoms with Crippen molar-refractivity contribution in [1.29, 1.82) is 0 Å². The fourth-order valence-electron chi connectivity index (χ4n) is 1.93. The molecular weight excluding hydrogens is 283 g/mol. The van der Waals surface area contributed by atoms with Crippen molar-refractivity contribution in [2.75, 3.05) is 18.5 Å². The Morgan fingerprint density at radius 2 is 2.00 bits per heavy atom. The molecule has 0 aliphatic carbocycles. The third-order valence-electron chi connectivity index (χ3n) is 3.05. The molecule has 5 heteroatoms. The monoisotopic (exact) mass is 302 g/mol. The molecule has 4 nitrogen and oxygen atoms in total. The summed E-state index contributed by atoms with van der Waals surface area (Å²) in [6.07, 6.45) is 0.950. The highest BCUT2D eigenvalue weighted by atomic mass is 19.1. The van der Waals surface area contributed by atoms with E-state index in [1.807, 2.05) is 24.3 Å². The lowest BCUT2D eigenvalue weighted by atomic mass is 10.2. The van der Waals surface area contributed by atoms with Crippen molar-refractivity contribution in [2.45, 2.75) is 13.3 Å². The topological polar surface area (TPSA) is 50.4 Å². The van der Waals surface area contributed by atoms with Gasteiger partial charge in [-0.3, -0.25) is 0 Å². The highest BCUT2D eigenvalue weighted by Crippen LogP contribution is 2.13. The van der Waals surface area contributed by atoms with Gasteiger partial charge in [-0.15, -0.1) is 0 Å². The van der Waals surface area contributed by atoms with E-state index in [2.05, 4.69) is 17.6 Å². The van der Waals surface area contributed by atoms with E-state index >= 15 is 0 Å². The minimum Gasteiger partial charge on any atom is -0.492 e. The van der Waals surface area contributed by atoms with Gasteiger partial charge in [0.1, 0.15) is 18.2 Å². The molecule has 2 N–H and O–H groups in total. The standard InChI is InChI=1S/C17H19FN2O2/c1-2-13-5-3-8-16(11-13)22-10-9-19-17(21)20-15-7-4-6-14(18)12-15/h3-8,11-12H,2,9-10H2,1H3,(H2,19,20,21). The van der Waals surface area contributed by atoms with Gasteiger partial charge in [0.15, 0.2) is 0 Å². The van der Waals surface area contributed by atoms with Crippen LogP contribution in [-0.2, 0) is 6.42 Å². The lowest BCUT2D eigenvalue weighted by Gasteiger charge is -2.09. The number of nitrogens with one attached hydrogen (secondary N) is 2. The van der Waals surface area contributed by atoms with Crippen LogP contribution in [0.3, 0.4) is 0 Å². The van der Waals surface area contributed by atoms with E-state index in [4.69, 9.17) is 4.74 Å². The minimum atomic E-state index is -0.392. The van der Waals surface area contributed by atoms with Gasteiger partial charge in [-0.2, -0.15) is 0 Å². The predicted molar refractivity (Wildman–Crippen MR) is 84.7 cm³/mol. The number of anilines is 1. The first-order chi connectivity index (χ1) is 10.7. The fourth-order valence-corrected chi connectivity index (χ4v) is 1.93. The molecule has 0 aromatic heterocycles. The van der Waals surface area contributed by atoms with E-state index in [-0.39, 0.29) is 0 Å². The van der Waals surface area contributed by atoms with Crippen LogP contribution in [0.4, 0.5) is 14.9 Å². The van der Waals surface area contributed by atoms with Gasteiger partial charge in [0.05, 0.1) is 6.54 Å². The van der Waals surface area contributed by atoms with Gasteiger partial charge in [0.25, 0.3) is 0 Å². The molecule has 0 radical (unpaired) electrons. The molecule has 0 fully saturated rings. The molecule has 2 rings (SSSR count). The molecule has 0 saturated carbocycles. The summed E-state index contributed by atoms with van der Waals surface area (Å²) in [5.74, 6) is 0.392. The quantitative estimate of drug-likeness (QED) is 0.801. The Labute approximate surface area is 129 Å². The van der Waals surface area contributed by atoms with Crippen LogP contribution in [0.2, 0.25) is 0 Å². The van der Waals surface area contributed by atoms with Crippen LogP contribution in [0.25, 0.3) is 0 Å². The minimum absolute atomic E-state index is 0.359. The largest absolute Gasteiger partial charge is 0.492 e. The zero-order valence-corrected chi connectivity index (χ0v) is 12.4. The van der Waals surface area contributed by atoms with E-state index in [0.29, 0.717) is 18.8 Å². The third kappa shape index (κ3) is 5.09. The van der Waals surface area contributed by atoms with Crippen molar-refractivity contribution in [3.8, 4) is 5.75 Å². The van der Waals surface area contributed by atoms with Crippen LogP contribution in [0.5, 0.6) is 5.75 Å². The van der Waals surface area contributed by atoms with Gasteiger partial charge in [-0.25, -0.2) is 9.18 Å². The first-order valence-electron chi connectivity index (χ1n) is 7.19. The van der Waals surface area contributed by atoms with Gasteiger partial charge in [0, 0.05) is 5.69 Å². The molecule has 2 aromatic carbocycles. The summed E-state index contributed by atoms with van der Waals surface area (Å²) in [4.78, 5) is 11.6. The van der Waals surface area contributed by atoms with Crippen LogP contribution in [-0.4, -0.2) is 19.2 Å². The Morgan fingerprint density at radius 1 is 1.18 bits per heavy atom. The van der Waals surface area contributed by atoms with E-state index < -0.39 is 11.8 Å². The number of hydrogen-bond donors (Lipinski definition) is 2. The zero-order valence-electron chi connectivity index (χ0n) is 12.4. The SMILES string of the molecule is CCc1cccc(OCCNC(=O)Nc2cccc(F)c2)c1. The van der Waals surface area contributed by atoms with Crippen molar-refractivity contribution in [3.05, 3.63) is 59.9 Å². The molecule has 0 saturated heterocycles. The van der Waals surface area contributed by atoms with Crippen molar-refractivity contribution in [2.24, 2.45) is 0 Å². The van der Waals surface area contributed by atoms with E-state index in [1.165, 1.54) is 23.8 Å². The average Bonchev–Trinajstić information content (AvgIpc) is 2.52. The Kier molecular flexibility index (Phi) is 5.77. The number of hydrogen-bond acceptors (Lipinski definition) is 2. The highest BCUT2D eigenvalue weighted by Gasteiger charge is 2.02. The Balaban J connectivity index is 1.70. The second-order valence-electron chi connectivity index (χ2n) is 4.74. The number of halogens is 1. The van der Waals surface area contributed by atoms with Gasteiger partial charge in [0.2, 0.25) is 0 Å². The predicted octanol–water partition coefficient (Wildman–Crippen LogP) is 3.59. The van der Waals surface area contributed by atoms with Crippen molar-refractivity contribution in [3.63, 3.8) is 0 Å². The molecule has 0 atom stereocenters. The molecule has 0 bridgehead atoms. The summed E-state index contributed by atoms with van der Waals surface area (Å²) in [7, 11) is 0. The smallest absolute Gasteiger partial charge is 0.319 e. The second-order valence-corrected chi connectivity index (χ2v) is 4.74. The summed E-state index contributed by atoms with van der Waals surface area (Å²) >= 11 is 0. The normalized spacial score (nSPS) is 10.1. The fraction of sp³-hybridized carbons (Fsp3) is 0.235. The number of rotatable bonds is 6. The molecule has 0 aliphatic heterocycles. The van der Waals surface area contributed by atoms with Crippen LogP contribution < -0.4 is 15.4 Å². The number of urea groups is 1. The summed E-state index contributed by atoms with van der Waals surface area (Å²) in [6, 6.07) is 13.2. The Hall–Kier alpha value is -2.56. The first kappa shape index (κ1) is 15.8. The molecule has 0 unspecified atom stereocenters. The number of ether oxygens (including phenoxy) is 1. The van der Waals surface area contributed by atoms with Crippen molar-refractivity contribution in [1.82, 2.24) is 5.32 Å². The van der Waals surface area contributed by atoms with Crippen LogP contribution in [0, 0.1) is 5.82 Å². The van der Waals surface area contributed by atoms with E-state index in [1.54, 1.807) is 6.07 Å². The van der Waals surface area contributed by atoms with E-state index in [9.17, 15) is 9.18 Å². The van der Waals surface area contributed by atoms with Crippen molar-refractivity contribution >= 4 is 11.7 Å². The summed E-state index contributed by atoms with van der Waals surface area (Å²) in [5, 5.41) is 5.21. The number of carbonyl (C=O) groups excluding carboxylic acids is 1. The van der Waals surface area contributed by atoms with Gasteiger partial charge in [-0.05, 0) is 42.3 Å². The average molecular weight is 302 g/mol. The summed E-state index contributed by atoms with van der Waals surface area (Å²) in [5.41, 5.74) is 1.61. The van der Waals surface area contributed by atoms with Crippen molar-refractivity contribution < 1.29 is 13.9 Å². The molecular formula is C17H19FN2O2. The van der Waals surface area contributed by atoms with Gasteiger partial charge >= 0.3 is 6.03 Å². The van der Waals surface area contributed by atoms with Gasteiger partial charge < -0.3 is 15.4 Å². The number of benzene rings is 2. The lowest BCUT2D eigenvalue weighted by molar-refractivity contribution is 0.247. The zero-order chi connectivity index (χ0) is 15.8. The Morgan fingerprint density at radius 3 is 2.77 bits per heavy atom. The van der Waals surface area contributed by atoms with Gasteiger partial charge in [-0.1, -0.05) is 25.1 Å². The van der Waals surface area contributed by atoms with E-state index in [0.717, 1.165) is 12.2 Å².